The van der Waals surface area contributed by atoms with Gasteiger partial charge in [-0.15, -0.1) is 0 Å². The molecule has 14 nitrogen and oxygen atoms in total. The van der Waals surface area contributed by atoms with E-state index in [1.165, 1.54) is 21.1 Å². The number of methoxy groups -OCH3 is 2. The van der Waals surface area contributed by atoms with Crippen LogP contribution < -0.4 is 0 Å². The number of ether oxygens (including phenoxy) is 7. The Balaban J connectivity index is 2.23. The number of esters is 1. The van der Waals surface area contributed by atoms with Crippen molar-refractivity contribution in [2.75, 3.05) is 28.3 Å². The van der Waals surface area contributed by atoms with Gasteiger partial charge in [-0.1, -0.05) is 34.1 Å². The summed E-state index contributed by atoms with van der Waals surface area (Å²) in [6, 6.07) is -0.284. The topological polar surface area (TPSA) is 183 Å². The molecule has 4 N–H and O–H groups in total. The van der Waals surface area contributed by atoms with E-state index in [2.05, 4.69) is 0 Å². The van der Waals surface area contributed by atoms with Gasteiger partial charge in [0.05, 0.1) is 47.6 Å². The van der Waals surface area contributed by atoms with Crippen LogP contribution in [0, 0.1) is 23.7 Å². The number of nitrogens with zero attached hydrogens (tertiary/aromatic N) is 1. The SMILES string of the molecule is CCC[C@H]1OC(=O)[C@H](C)[C@@H](OC2CC(C)(OC)C(O)C(C)O2)[C@H](C)[C@@H](OC2OC(C)CC(N(C)C)C2O)[C@](C)(OC)C[C@@H](C)C(=O)[C@H](C)[C@@H](O)[C@]1(C)O. The van der Waals surface area contributed by atoms with Crippen molar-refractivity contribution in [1.82, 2.24) is 4.90 Å². The number of likely N-dealkylation sites (N-methyl/N-ethyl adjacent to an activating group) is 1. The monoisotopic (exact) mass is 761 g/mol. The molecule has 0 aromatic rings. The molecule has 18 atom stereocenters. The fraction of sp³-hybridized carbons (Fsp3) is 0.949. The largest absolute Gasteiger partial charge is 0.459 e. The maximum Gasteiger partial charge on any atom is 0.311 e. The molecule has 0 aliphatic carbocycles. The van der Waals surface area contributed by atoms with E-state index in [-0.39, 0.29) is 37.2 Å². The number of hydrogen-bond acceptors (Lipinski definition) is 14. The first-order valence-electron chi connectivity index (χ1n) is 19.4. The van der Waals surface area contributed by atoms with Gasteiger partial charge >= 0.3 is 5.97 Å². The zero-order chi connectivity index (χ0) is 40.4. The van der Waals surface area contributed by atoms with Crippen molar-refractivity contribution >= 4 is 11.8 Å². The van der Waals surface area contributed by atoms with E-state index in [1.54, 1.807) is 41.5 Å². The van der Waals surface area contributed by atoms with Crippen LogP contribution in [-0.4, -0.2) is 150 Å². The van der Waals surface area contributed by atoms with Crippen LogP contribution in [-0.2, 0) is 42.7 Å². The maximum absolute atomic E-state index is 14.3. The van der Waals surface area contributed by atoms with Crippen LogP contribution in [0.4, 0.5) is 0 Å². The van der Waals surface area contributed by atoms with E-state index >= 15 is 0 Å². The molecule has 0 aromatic heterocycles. The van der Waals surface area contributed by atoms with Crippen LogP contribution in [0.1, 0.15) is 101 Å². The van der Waals surface area contributed by atoms with Gasteiger partial charge in [-0.2, -0.15) is 0 Å². The first-order chi connectivity index (χ1) is 24.5. The Hall–Kier alpha value is -1.30. The lowest BCUT2D eigenvalue weighted by molar-refractivity contribution is -0.319. The summed E-state index contributed by atoms with van der Waals surface area (Å²) in [5.74, 6) is -4.45. The zero-order valence-electron chi connectivity index (χ0n) is 34.6. The summed E-state index contributed by atoms with van der Waals surface area (Å²) in [6.45, 7) is 17.3. The number of aliphatic hydroxyl groups excluding tert-OH is 3. The summed E-state index contributed by atoms with van der Waals surface area (Å²) in [5, 5.41) is 45.8. The van der Waals surface area contributed by atoms with Crippen molar-refractivity contribution in [1.29, 1.82) is 0 Å². The average molecular weight is 762 g/mol. The average Bonchev–Trinajstić information content (AvgIpc) is 3.10. The molecule has 8 unspecified atom stereocenters. The van der Waals surface area contributed by atoms with Crippen molar-refractivity contribution in [2.45, 2.75) is 186 Å². The molecule has 3 aliphatic rings. The highest BCUT2D eigenvalue weighted by atomic mass is 16.7. The van der Waals surface area contributed by atoms with Gasteiger partial charge < -0.3 is 58.5 Å². The summed E-state index contributed by atoms with van der Waals surface area (Å²) in [6.07, 6.45) is -8.12. The Kier molecular flexibility index (Phi) is 15.9. The number of carbonyl (C=O) groups excluding carboxylic acids is 2. The number of carbonyl (C=O) groups is 2. The quantitative estimate of drug-likeness (QED) is 0.252. The molecule has 3 saturated heterocycles. The van der Waals surface area contributed by atoms with Crippen molar-refractivity contribution in [3.63, 3.8) is 0 Å². The van der Waals surface area contributed by atoms with Crippen molar-refractivity contribution in [2.24, 2.45) is 23.7 Å². The number of aliphatic hydroxyl groups is 4. The van der Waals surface area contributed by atoms with Crippen LogP contribution in [0.15, 0.2) is 0 Å². The second-order valence-electron chi connectivity index (χ2n) is 17.0. The van der Waals surface area contributed by atoms with Gasteiger partial charge in [-0.05, 0) is 74.9 Å². The van der Waals surface area contributed by atoms with Gasteiger partial charge in [0.1, 0.15) is 29.7 Å². The molecule has 3 heterocycles. The fourth-order valence-corrected chi connectivity index (χ4v) is 8.70. The smallest absolute Gasteiger partial charge is 0.311 e. The van der Waals surface area contributed by atoms with E-state index in [0.29, 0.717) is 12.8 Å². The van der Waals surface area contributed by atoms with Crippen molar-refractivity contribution < 1.29 is 63.2 Å². The second-order valence-corrected chi connectivity index (χ2v) is 17.0. The highest BCUT2D eigenvalue weighted by Crippen LogP contribution is 2.42. The first-order valence-corrected chi connectivity index (χ1v) is 19.4. The molecule has 3 fully saturated rings. The van der Waals surface area contributed by atoms with E-state index < -0.39 is 102 Å². The van der Waals surface area contributed by atoms with Crippen LogP contribution in [0.5, 0.6) is 0 Å². The molecule has 0 radical (unpaired) electrons. The lowest BCUT2D eigenvalue weighted by Crippen LogP contribution is -2.61. The third-order valence-electron chi connectivity index (χ3n) is 12.4. The zero-order valence-corrected chi connectivity index (χ0v) is 34.6. The number of hydrogen-bond donors (Lipinski definition) is 4. The van der Waals surface area contributed by atoms with Crippen LogP contribution in [0.3, 0.4) is 0 Å². The minimum Gasteiger partial charge on any atom is -0.459 e. The van der Waals surface area contributed by atoms with Crippen molar-refractivity contribution in [3.05, 3.63) is 0 Å². The van der Waals surface area contributed by atoms with E-state index in [9.17, 15) is 30.0 Å². The first kappa shape index (κ1) is 46.1. The minimum atomic E-state index is -1.96. The molecule has 0 saturated carbocycles. The van der Waals surface area contributed by atoms with Gasteiger partial charge in [0.2, 0.25) is 0 Å². The standard InChI is InChI=1S/C39H71NO13/c1-15-16-27-39(10,46)32(43)22(4)29(41)20(2)18-38(9,48-14)34(53-36-30(42)26(40(11)12)17-21(3)49-36)23(5)31(24(6)35(45)51-27)52-28-19-37(8,47-13)33(44)25(7)50-28/h20-28,30-34,36,42-44,46H,15-19H2,1-14H3/t20-,21?,22+,23+,24-,25?,26?,27-,28?,30?,31+,32-,33?,34-,36?,37?,38-,39-/m1/s1. The van der Waals surface area contributed by atoms with Crippen LogP contribution in [0.25, 0.3) is 0 Å². The summed E-state index contributed by atoms with van der Waals surface area (Å²) in [7, 11) is 6.78. The summed E-state index contributed by atoms with van der Waals surface area (Å²) >= 11 is 0. The fourth-order valence-electron chi connectivity index (χ4n) is 8.70. The molecule has 3 rings (SSSR count). The van der Waals surface area contributed by atoms with Gasteiger partial charge in [-0.3, -0.25) is 9.59 Å². The molecular weight excluding hydrogens is 690 g/mol. The second kappa shape index (κ2) is 18.3. The van der Waals surface area contributed by atoms with Gasteiger partial charge in [0.15, 0.2) is 12.6 Å². The molecule has 0 spiro atoms. The predicted molar refractivity (Wildman–Crippen MR) is 196 cm³/mol. The summed E-state index contributed by atoms with van der Waals surface area (Å²) < 4.78 is 44.1. The Bertz CT molecular complexity index is 1200. The van der Waals surface area contributed by atoms with Crippen LogP contribution in [0.2, 0.25) is 0 Å². The molecule has 53 heavy (non-hydrogen) atoms. The van der Waals surface area contributed by atoms with E-state index in [4.69, 9.17) is 33.2 Å². The number of Topliss-reactive ketones (excluding diaryl/α,β-unsaturated/α-hetero) is 1. The van der Waals surface area contributed by atoms with E-state index in [1.807, 2.05) is 39.8 Å². The van der Waals surface area contributed by atoms with Crippen molar-refractivity contribution in [3.8, 4) is 0 Å². The Morgan fingerprint density at radius 2 is 1.45 bits per heavy atom. The van der Waals surface area contributed by atoms with Gasteiger partial charge in [-0.25, -0.2) is 0 Å². The Labute approximate surface area is 317 Å². The lowest BCUT2D eigenvalue weighted by atomic mass is 9.73. The highest BCUT2D eigenvalue weighted by Gasteiger charge is 2.54. The molecular formula is C39H71NO13. The molecule has 0 amide bonds. The number of rotatable bonds is 9. The van der Waals surface area contributed by atoms with Crippen LogP contribution >= 0.6 is 0 Å². The number of cyclic esters (lactones) is 1. The normalized spacial score (nSPS) is 48.3. The number of ketones is 1. The van der Waals surface area contributed by atoms with E-state index in [0.717, 1.165) is 0 Å². The Morgan fingerprint density at radius 1 is 0.849 bits per heavy atom. The maximum atomic E-state index is 14.3. The summed E-state index contributed by atoms with van der Waals surface area (Å²) in [4.78, 5) is 30.3. The third kappa shape index (κ3) is 9.99. The lowest BCUT2D eigenvalue weighted by Gasteiger charge is -2.50. The molecule has 0 bridgehead atoms. The third-order valence-corrected chi connectivity index (χ3v) is 12.4. The van der Waals surface area contributed by atoms with Gasteiger partial charge in [0.25, 0.3) is 0 Å². The predicted octanol–water partition coefficient (Wildman–Crippen LogP) is 2.83. The highest BCUT2D eigenvalue weighted by molar-refractivity contribution is 5.83. The van der Waals surface area contributed by atoms with Gasteiger partial charge in [0, 0.05) is 44.4 Å². The molecule has 14 heteroatoms. The Morgan fingerprint density at radius 3 is 2.00 bits per heavy atom. The molecule has 3 aliphatic heterocycles. The minimum absolute atomic E-state index is 0.112. The molecule has 310 valence electrons. The summed E-state index contributed by atoms with van der Waals surface area (Å²) in [5.41, 5.74) is -4.25. The molecule has 0 aromatic carbocycles.